The molecule has 1 heterocycles. The monoisotopic (exact) mass is 243 g/mol. The van der Waals surface area contributed by atoms with Crippen LogP contribution >= 0.6 is 0 Å². The van der Waals surface area contributed by atoms with E-state index < -0.39 is 0 Å². The average molecular weight is 243 g/mol. The molecule has 0 aliphatic heterocycles. The van der Waals surface area contributed by atoms with Crippen LogP contribution in [0.4, 0.5) is 0 Å². The van der Waals surface area contributed by atoms with Crippen molar-refractivity contribution in [3.8, 4) is 0 Å². The summed E-state index contributed by atoms with van der Waals surface area (Å²) in [5, 5.41) is 0. The van der Waals surface area contributed by atoms with Gasteiger partial charge in [-0.15, -0.1) is 0 Å². The van der Waals surface area contributed by atoms with Gasteiger partial charge in [-0.05, 0) is 35.6 Å². The molecule has 2 heteroatoms. The predicted octanol–water partition coefficient (Wildman–Crippen LogP) is 3.93. The second-order valence-electron chi connectivity index (χ2n) is 5.76. The molecule has 0 radical (unpaired) electrons. The molecule has 0 bridgehead atoms. The fourth-order valence-corrected chi connectivity index (χ4v) is 2.23. The number of hydrogen-bond donors (Lipinski definition) is 1. The molecule has 18 heavy (non-hydrogen) atoms. The van der Waals surface area contributed by atoms with E-state index in [0.717, 1.165) is 17.1 Å². The van der Waals surface area contributed by atoms with Crippen molar-refractivity contribution in [2.75, 3.05) is 0 Å². The fourth-order valence-electron chi connectivity index (χ4n) is 2.23. The quantitative estimate of drug-likeness (QED) is 0.868. The van der Waals surface area contributed by atoms with Gasteiger partial charge in [-0.2, -0.15) is 0 Å². The van der Waals surface area contributed by atoms with Gasteiger partial charge in [0.25, 0.3) is 0 Å². The number of furan rings is 1. The Hall–Kier alpha value is -1.54. The van der Waals surface area contributed by atoms with Crippen LogP contribution in [0.5, 0.6) is 0 Å². The van der Waals surface area contributed by atoms with Crippen molar-refractivity contribution in [3.05, 3.63) is 59.0 Å². The van der Waals surface area contributed by atoms with Crippen LogP contribution in [0, 0.1) is 6.92 Å². The third-order valence-corrected chi connectivity index (χ3v) is 3.17. The Kier molecular flexibility index (Phi) is 3.31. The van der Waals surface area contributed by atoms with E-state index in [1.807, 2.05) is 25.1 Å². The third kappa shape index (κ3) is 2.49. The van der Waals surface area contributed by atoms with Crippen molar-refractivity contribution >= 4 is 0 Å². The van der Waals surface area contributed by atoms with Gasteiger partial charge in [-0.3, -0.25) is 0 Å². The first-order valence-corrected chi connectivity index (χ1v) is 6.31. The smallest absolute Gasteiger partial charge is 0.125 e. The van der Waals surface area contributed by atoms with E-state index in [4.69, 9.17) is 10.2 Å². The maximum Gasteiger partial charge on any atom is 0.125 e. The van der Waals surface area contributed by atoms with E-state index in [1.165, 1.54) is 5.56 Å². The molecule has 1 aromatic carbocycles. The van der Waals surface area contributed by atoms with Crippen LogP contribution in [0.15, 0.2) is 40.8 Å². The SMILES string of the molecule is Cc1ccc(C(N)c2ccccc2C(C)(C)C)o1. The Balaban J connectivity index is 2.45. The third-order valence-electron chi connectivity index (χ3n) is 3.17. The number of hydrogen-bond acceptors (Lipinski definition) is 2. The number of rotatable bonds is 2. The minimum atomic E-state index is -0.200. The zero-order valence-corrected chi connectivity index (χ0v) is 11.5. The molecule has 0 saturated heterocycles. The molecular weight excluding hydrogens is 222 g/mol. The fraction of sp³-hybridized carbons (Fsp3) is 0.375. The van der Waals surface area contributed by atoms with E-state index in [0.29, 0.717) is 0 Å². The lowest BCUT2D eigenvalue weighted by Gasteiger charge is -2.25. The number of nitrogens with two attached hydrogens (primary N) is 1. The zero-order valence-electron chi connectivity index (χ0n) is 11.5. The van der Waals surface area contributed by atoms with Crippen LogP contribution in [0.25, 0.3) is 0 Å². The highest BCUT2D eigenvalue weighted by atomic mass is 16.3. The van der Waals surface area contributed by atoms with Crippen molar-refractivity contribution in [1.82, 2.24) is 0 Å². The van der Waals surface area contributed by atoms with Gasteiger partial charge >= 0.3 is 0 Å². The second-order valence-corrected chi connectivity index (χ2v) is 5.76. The second kappa shape index (κ2) is 4.62. The summed E-state index contributed by atoms with van der Waals surface area (Å²) in [4.78, 5) is 0. The molecule has 1 atom stereocenters. The highest BCUT2D eigenvalue weighted by molar-refractivity contribution is 5.38. The lowest BCUT2D eigenvalue weighted by molar-refractivity contribution is 0.462. The molecule has 2 aromatic rings. The Morgan fingerprint density at radius 2 is 1.72 bits per heavy atom. The highest BCUT2D eigenvalue weighted by Gasteiger charge is 2.22. The summed E-state index contributed by atoms with van der Waals surface area (Å²) in [5.41, 5.74) is 8.82. The molecule has 2 rings (SSSR count). The molecule has 2 N–H and O–H groups in total. The molecule has 96 valence electrons. The van der Waals surface area contributed by atoms with Gasteiger partial charge in [0.15, 0.2) is 0 Å². The van der Waals surface area contributed by atoms with Gasteiger partial charge in [0.2, 0.25) is 0 Å². The Morgan fingerprint density at radius 1 is 1.06 bits per heavy atom. The van der Waals surface area contributed by atoms with Gasteiger partial charge < -0.3 is 10.2 Å². The normalized spacial score (nSPS) is 13.6. The van der Waals surface area contributed by atoms with Gasteiger partial charge in [-0.1, -0.05) is 45.0 Å². The molecule has 1 aromatic heterocycles. The maximum atomic E-state index is 6.33. The Morgan fingerprint density at radius 3 is 2.28 bits per heavy atom. The molecule has 0 spiro atoms. The minimum absolute atomic E-state index is 0.0792. The number of aryl methyl sites for hydroxylation is 1. The predicted molar refractivity (Wildman–Crippen MR) is 74.6 cm³/mol. The molecule has 0 aliphatic carbocycles. The summed E-state index contributed by atoms with van der Waals surface area (Å²) >= 11 is 0. The summed E-state index contributed by atoms with van der Waals surface area (Å²) in [6.07, 6.45) is 0. The largest absolute Gasteiger partial charge is 0.464 e. The minimum Gasteiger partial charge on any atom is -0.464 e. The van der Waals surface area contributed by atoms with E-state index in [1.54, 1.807) is 0 Å². The lowest BCUT2D eigenvalue weighted by atomic mass is 9.81. The van der Waals surface area contributed by atoms with Gasteiger partial charge in [0, 0.05) is 0 Å². The van der Waals surface area contributed by atoms with Gasteiger partial charge in [0.1, 0.15) is 11.5 Å². The first-order valence-electron chi connectivity index (χ1n) is 6.31. The van der Waals surface area contributed by atoms with Crippen LogP contribution in [0.1, 0.15) is 49.5 Å². The Bertz CT molecular complexity index is 534. The van der Waals surface area contributed by atoms with Crippen LogP contribution in [-0.4, -0.2) is 0 Å². The first kappa shape index (κ1) is 12.9. The van der Waals surface area contributed by atoms with Crippen LogP contribution in [-0.2, 0) is 5.41 Å². The summed E-state index contributed by atoms with van der Waals surface area (Å²) < 4.78 is 5.64. The van der Waals surface area contributed by atoms with Crippen molar-refractivity contribution in [3.63, 3.8) is 0 Å². The highest BCUT2D eigenvalue weighted by Crippen LogP contribution is 2.31. The molecular formula is C16H21NO. The van der Waals surface area contributed by atoms with Crippen molar-refractivity contribution in [2.45, 2.75) is 39.2 Å². The summed E-state index contributed by atoms with van der Waals surface area (Å²) in [6.45, 7) is 8.54. The molecule has 0 fully saturated rings. The maximum absolute atomic E-state index is 6.33. The van der Waals surface area contributed by atoms with Crippen LogP contribution in [0.2, 0.25) is 0 Å². The van der Waals surface area contributed by atoms with E-state index in [2.05, 4.69) is 39.0 Å². The van der Waals surface area contributed by atoms with Crippen LogP contribution < -0.4 is 5.73 Å². The lowest BCUT2D eigenvalue weighted by Crippen LogP contribution is -2.20. The van der Waals surface area contributed by atoms with E-state index in [-0.39, 0.29) is 11.5 Å². The van der Waals surface area contributed by atoms with Gasteiger partial charge in [0.05, 0.1) is 6.04 Å². The standard InChI is InChI=1S/C16H21NO/c1-11-9-10-14(18-11)15(17)12-7-5-6-8-13(12)16(2,3)4/h5-10,15H,17H2,1-4H3. The van der Waals surface area contributed by atoms with Crippen molar-refractivity contribution < 1.29 is 4.42 Å². The first-order chi connectivity index (χ1) is 8.39. The van der Waals surface area contributed by atoms with Crippen LogP contribution in [0.3, 0.4) is 0 Å². The molecule has 0 aliphatic rings. The molecule has 2 nitrogen and oxygen atoms in total. The van der Waals surface area contributed by atoms with E-state index >= 15 is 0 Å². The van der Waals surface area contributed by atoms with E-state index in [9.17, 15) is 0 Å². The van der Waals surface area contributed by atoms with Gasteiger partial charge in [-0.25, -0.2) is 0 Å². The summed E-state index contributed by atoms with van der Waals surface area (Å²) in [5.74, 6) is 1.72. The number of benzene rings is 1. The molecule has 0 amide bonds. The summed E-state index contributed by atoms with van der Waals surface area (Å²) in [7, 11) is 0. The Labute approximate surface area is 109 Å². The molecule has 0 saturated carbocycles. The summed E-state index contributed by atoms with van der Waals surface area (Å²) in [6, 6.07) is 12.0. The van der Waals surface area contributed by atoms with Crippen molar-refractivity contribution in [2.24, 2.45) is 5.73 Å². The topological polar surface area (TPSA) is 39.2 Å². The zero-order chi connectivity index (χ0) is 13.3. The van der Waals surface area contributed by atoms with Crippen molar-refractivity contribution in [1.29, 1.82) is 0 Å². The average Bonchev–Trinajstić information content (AvgIpc) is 2.74. The molecule has 1 unspecified atom stereocenters.